The summed E-state index contributed by atoms with van der Waals surface area (Å²) in [6.07, 6.45) is -5.17. The van der Waals surface area contributed by atoms with Crippen LogP contribution in [-0.2, 0) is 18.6 Å². The predicted octanol–water partition coefficient (Wildman–Crippen LogP) is 2.16. The lowest BCUT2D eigenvalue weighted by molar-refractivity contribution is -0.141. The molecule has 204 valence electrons. The number of nitrogens with one attached hydrogen (secondary N) is 1. The molecule has 1 aliphatic rings. The average molecular weight is 543 g/mol. The fourth-order valence-electron chi connectivity index (χ4n) is 3.67. The average Bonchev–Trinajstić information content (AvgIpc) is 3.14. The first-order chi connectivity index (χ1) is 17.5. The van der Waals surface area contributed by atoms with Gasteiger partial charge in [0.15, 0.2) is 12.4 Å². The summed E-state index contributed by atoms with van der Waals surface area (Å²) < 4.78 is 47.8. The number of H-pyrrole nitrogens is 1. The molecule has 1 aromatic heterocycles. The van der Waals surface area contributed by atoms with Crippen molar-refractivity contribution in [3.63, 3.8) is 0 Å². The van der Waals surface area contributed by atoms with Gasteiger partial charge in [-0.25, -0.2) is 13.8 Å². The maximum absolute atomic E-state index is 14.9. The maximum atomic E-state index is 14.9. The Balaban J connectivity index is 1.89. The van der Waals surface area contributed by atoms with Crippen molar-refractivity contribution in [1.82, 2.24) is 14.2 Å². The van der Waals surface area contributed by atoms with Crippen LogP contribution in [0.4, 0.5) is 4.39 Å². The van der Waals surface area contributed by atoms with E-state index in [1.165, 1.54) is 19.1 Å². The number of alkyl halides is 1. The molecule has 1 saturated heterocycles. The molecule has 0 radical (unpaired) electrons. The molecule has 14 heteroatoms. The minimum absolute atomic E-state index is 0.0449. The maximum Gasteiger partial charge on any atom is 0.462 e. The van der Waals surface area contributed by atoms with Crippen LogP contribution in [0.3, 0.4) is 0 Å². The molecule has 1 fully saturated rings. The van der Waals surface area contributed by atoms with Gasteiger partial charge >= 0.3 is 19.4 Å². The first-order valence-electron chi connectivity index (χ1n) is 11.7. The van der Waals surface area contributed by atoms with Crippen molar-refractivity contribution in [2.45, 2.75) is 57.8 Å². The van der Waals surface area contributed by atoms with Gasteiger partial charge in [-0.05, 0) is 25.0 Å². The number of halogens is 1. The molecule has 0 aliphatic carbocycles. The molecule has 37 heavy (non-hydrogen) atoms. The van der Waals surface area contributed by atoms with Crippen LogP contribution in [-0.4, -0.2) is 68.0 Å². The SMILES string of the molecule is CCC(C)CN(C(C)C(=O)O)[P@@](=O)(OC[C@H]1O[C@@H](n2ccc(=O)[nH]c2=O)[C@H](F)[C@@H]1O)Oc1ccccc1. The number of carbonyl (C=O) groups is 1. The van der Waals surface area contributed by atoms with Crippen molar-refractivity contribution in [3.05, 3.63) is 63.4 Å². The van der Waals surface area contributed by atoms with Gasteiger partial charge in [-0.3, -0.25) is 23.7 Å². The Kier molecular flexibility index (Phi) is 9.43. The van der Waals surface area contributed by atoms with Gasteiger partial charge in [-0.15, -0.1) is 0 Å². The monoisotopic (exact) mass is 543 g/mol. The second kappa shape index (κ2) is 12.1. The predicted molar refractivity (Wildman–Crippen MR) is 130 cm³/mol. The highest BCUT2D eigenvalue weighted by Gasteiger charge is 2.48. The topological polar surface area (TPSA) is 160 Å². The number of aromatic nitrogens is 2. The normalized spacial score (nSPS) is 24.9. The molecular weight excluding hydrogens is 512 g/mol. The smallest absolute Gasteiger partial charge is 0.462 e. The first-order valence-corrected chi connectivity index (χ1v) is 13.2. The number of aliphatic hydroxyl groups is 1. The number of ether oxygens (including phenoxy) is 1. The summed E-state index contributed by atoms with van der Waals surface area (Å²) in [4.78, 5) is 37.3. The molecule has 7 atom stereocenters. The molecule has 3 N–H and O–H groups in total. The van der Waals surface area contributed by atoms with E-state index < -0.39 is 62.2 Å². The molecule has 2 aromatic rings. The quantitative estimate of drug-likeness (QED) is 0.339. The van der Waals surface area contributed by atoms with Crippen LogP contribution in [0.25, 0.3) is 0 Å². The number of para-hydroxylation sites is 1. The zero-order chi connectivity index (χ0) is 27.3. The lowest BCUT2D eigenvalue weighted by Gasteiger charge is -2.34. The molecule has 0 saturated carbocycles. The largest absolute Gasteiger partial charge is 0.480 e. The molecule has 0 spiro atoms. The van der Waals surface area contributed by atoms with E-state index in [2.05, 4.69) is 0 Å². The van der Waals surface area contributed by atoms with Crippen molar-refractivity contribution in [3.8, 4) is 5.75 Å². The summed E-state index contributed by atoms with van der Waals surface area (Å²) in [6.45, 7) is 4.47. The van der Waals surface area contributed by atoms with E-state index >= 15 is 0 Å². The number of carboxylic acid groups (broad SMARTS) is 1. The van der Waals surface area contributed by atoms with Gasteiger partial charge in [0.2, 0.25) is 0 Å². The van der Waals surface area contributed by atoms with E-state index in [4.69, 9.17) is 13.8 Å². The summed E-state index contributed by atoms with van der Waals surface area (Å²) in [5.41, 5.74) is -1.63. The molecule has 1 aliphatic heterocycles. The molecular formula is C23H31FN3O9P. The minimum Gasteiger partial charge on any atom is -0.480 e. The van der Waals surface area contributed by atoms with Crippen LogP contribution in [0.15, 0.2) is 52.2 Å². The Hall–Kier alpha value is -2.83. The lowest BCUT2D eigenvalue weighted by Crippen LogP contribution is -2.41. The third kappa shape index (κ3) is 6.74. The van der Waals surface area contributed by atoms with Crippen molar-refractivity contribution >= 4 is 13.7 Å². The van der Waals surface area contributed by atoms with E-state index in [9.17, 15) is 33.6 Å². The molecule has 2 unspecified atom stereocenters. The molecule has 0 bridgehead atoms. The third-order valence-electron chi connectivity index (χ3n) is 6.10. The Morgan fingerprint density at radius 1 is 1.27 bits per heavy atom. The van der Waals surface area contributed by atoms with E-state index in [1.54, 1.807) is 18.2 Å². The number of carboxylic acids is 1. The number of aliphatic hydroxyl groups excluding tert-OH is 1. The van der Waals surface area contributed by atoms with Crippen LogP contribution in [0.5, 0.6) is 5.75 Å². The van der Waals surface area contributed by atoms with Gasteiger partial charge in [0.1, 0.15) is 24.0 Å². The van der Waals surface area contributed by atoms with Gasteiger partial charge < -0.3 is 19.5 Å². The standard InChI is InChI=1S/C23H31FN3O9P/c1-4-14(2)12-27(15(3)22(30)31)37(33,36-16-8-6-5-7-9-16)34-13-17-20(29)19(24)21(35-17)26-11-10-18(28)25-23(26)32/h5-11,14-15,17,19-21,29H,4,12-13H2,1-3H3,(H,30,31)(H,25,28,32)/t14?,15?,17-,19-,20-,21-,37-/m1/s1. The fraction of sp³-hybridized carbons (Fsp3) is 0.522. The molecule has 3 rings (SSSR count). The number of aromatic amines is 1. The summed E-state index contributed by atoms with van der Waals surface area (Å²) in [6, 6.07) is 7.71. The van der Waals surface area contributed by atoms with Crippen molar-refractivity contribution in [1.29, 1.82) is 0 Å². The molecule has 2 heterocycles. The van der Waals surface area contributed by atoms with E-state index in [0.29, 0.717) is 6.42 Å². The number of benzene rings is 1. The highest BCUT2D eigenvalue weighted by molar-refractivity contribution is 7.51. The number of rotatable bonds is 12. The van der Waals surface area contributed by atoms with Gasteiger partial charge in [0, 0.05) is 18.8 Å². The van der Waals surface area contributed by atoms with E-state index in [1.807, 2.05) is 18.8 Å². The minimum atomic E-state index is -4.41. The summed E-state index contributed by atoms with van der Waals surface area (Å²) >= 11 is 0. The molecule has 0 amide bonds. The van der Waals surface area contributed by atoms with Crippen LogP contribution >= 0.6 is 7.75 Å². The first kappa shape index (κ1) is 28.7. The van der Waals surface area contributed by atoms with Crippen LogP contribution in [0.2, 0.25) is 0 Å². The molecule has 1 aromatic carbocycles. The summed E-state index contributed by atoms with van der Waals surface area (Å²) in [5.74, 6) is -1.20. The van der Waals surface area contributed by atoms with E-state index in [-0.39, 0.29) is 18.2 Å². The number of nitrogens with zero attached hydrogens (tertiary/aromatic N) is 2. The highest BCUT2D eigenvalue weighted by Crippen LogP contribution is 2.54. The zero-order valence-electron chi connectivity index (χ0n) is 20.6. The lowest BCUT2D eigenvalue weighted by atomic mass is 10.1. The van der Waals surface area contributed by atoms with Crippen LogP contribution in [0.1, 0.15) is 33.4 Å². The Labute approximate surface area is 212 Å². The number of hydrogen-bond donors (Lipinski definition) is 3. The number of hydrogen-bond acceptors (Lipinski definition) is 8. The summed E-state index contributed by atoms with van der Waals surface area (Å²) in [5, 5.41) is 20.1. The number of aliphatic carboxylic acids is 1. The van der Waals surface area contributed by atoms with Crippen LogP contribution < -0.4 is 15.8 Å². The summed E-state index contributed by atoms with van der Waals surface area (Å²) in [7, 11) is -4.41. The Bertz CT molecular complexity index is 1220. The Morgan fingerprint density at radius 2 is 1.95 bits per heavy atom. The third-order valence-corrected chi connectivity index (χ3v) is 8.16. The van der Waals surface area contributed by atoms with Crippen molar-refractivity contribution in [2.75, 3.05) is 13.2 Å². The zero-order valence-corrected chi connectivity index (χ0v) is 21.5. The highest BCUT2D eigenvalue weighted by atomic mass is 31.2. The van der Waals surface area contributed by atoms with Gasteiger partial charge in [-0.1, -0.05) is 38.5 Å². The Morgan fingerprint density at radius 3 is 2.54 bits per heavy atom. The van der Waals surface area contributed by atoms with Crippen molar-refractivity contribution in [2.24, 2.45) is 5.92 Å². The molecule has 12 nitrogen and oxygen atoms in total. The van der Waals surface area contributed by atoms with E-state index in [0.717, 1.165) is 21.5 Å². The fourth-order valence-corrected chi connectivity index (χ4v) is 5.71. The van der Waals surface area contributed by atoms with Crippen molar-refractivity contribution < 1.29 is 37.7 Å². The van der Waals surface area contributed by atoms with Gasteiger partial charge in [-0.2, -0.15) is 4.67 Å². The van der Waals surface area contributed by atoms with Gasteiger partial charge in [0.05, 0.1) is 6.61 Å². The second-order valence-electron chi connectivity index (χ2n) is 8.84. The van der Waals surface area contributed by atoms with Crippen LogP contribution in [0, 0.1) is 5.92 Å². The second-order valence-corrected chi connectivity index (χ2v) is 10.7. The van der Waals surface area contributed by atoms with Gasteiger partial charge in [0.25, 0.3) is 5.56 Å².